The molecule has 4 heteroatoms. The first-order valence-electron chi connectivity index (χ1n) is 9.79. The number of aryl methyl sites for hydroxylation is 1. The van der Waals surface area contributed by atoms with Gasteiger partial charge in [-0.1, -0.05) is 31.2 Å². The van der Waals surface area contributed by atoms with Crippen LogP contribution in [0.25, 0.3) is 0 Å². The zero-order valence-electron chi connectivity index (χ0n) is 16.6. The second-order valence-corrected chi connectivity index (χ2v) is 7.62. The van der Waals surface area contributed by atoms with E-state index in [-0.39, 0.29) is 5.91 Å². The van der Waals surface area contributed by atoms with E-state index in [1.54, 1.807) is 7.11 Å². The fourth-order valence-electron chi connectivity index (χ4n) is 3.75. The number of methoxy groups -OCH3 is 1. The normalized spacial score (nSPS) is 16.9. The van der Waals surface area contributed by atoms with Crippen LogP contribution in [0.2, 0.25) is 0 Å². The molecule has 1 fully saturated rings. The van der Waals surface area contributed by atoms with Crippen LogP contribution in [-0.2, 0) is 17.8 Å². The molecular weight excluding hydrogens is 336 g/mol. The number of nitrogens with one attached hydrogen (secondary N) is 1. The maximum Gasteiger partial charge on any atom is 0.224 e. The van der Waals surface area contributed by atoms with E-state index < -0.39 is 0 Å². The lowest BCUT2D eigenvalue weighted by Crippen LogP contribution is -2.34. The Hall–Kier alpha value is -2.49. The molecule has 0 aromatic heterocycles. The van der Waals surface area contributed by atoms with E-state index in [4.69, 9.17) is 4.74 Å². The van der Waals surface area contributed by atoms with E-state index in [0.29, 0.717) is 13.0 Å². The maximum atomic E-state index is 12.3. The highest BCUT2D eigenvalue weighted by molar-refractivity contribution is 5.78. The number of amides is 1. The highest BCUT2D eigenvalue weighted by Gasteiger charge is 2.16. The molecule has 0 aliphatic carbocycles. The van der Waals surface area contributed by atoms with Crippen molar-refractivity contribution in [2.24, 2.45) is 5.92 Å². The number of carbonyl (C=O) groups is 1. The van der Waals surface area contributed by atoms with Crippen molar-refractivity contribution >= 4 is 11.6 Å². The monoisotopic (exact) mass is 366 g/mol. The zero-order valence-corrected chi connectivity index (χ0v) is 16.6. The van der Waals surface area contributed by atoms with Gasteiger partial charge in [0.15, 0.2) is 0 Å². The number of nitrogens with zero attached hydrogens (tertiary/aromatic N) is 1. The van der Waals surface area contributed by atoms with Crippen LogP contribution >= 0.6 is 0 Å². The number of anilines is 1. The van der Waals surface area contributed by atoms with Gasteiger partial charge in [0.1, 0.15) is 5.75 Å². The largest absolute Gasteiger partial charge is 0.496 e. The molecule has 0 saturated carbocycles. The minimum Gasteiger partial charge on any atom is -0.496 e. The SMILES string of the molecule is COc1ccc(CC(=O)NCc2ccc(N3CCC[C@H](C)C3)cc2)cc1C. The van der Waals surface area contributed by atoms with E-state index >= 15 is 0 Å². The summed E-state index contributed by atoms with van der Waals surface area (Å²) in [6.45, 7) is 7.15. The summed E-state index contributed by atoms with van der Waals surface area (Å²) in [5.41, 5.74) is 4.46. The van der Waals surface area contributed by atoms with Crippen LogP contribution in [0, 0.1) is 12.8 Å². The Morgan fingerprint density at radius 3 is 2.59 bits per heavy atom. The Labute approximate surface area is 162 Å². The van der Waals surface area contributed by atoms with E-state index in [9.17, 15) is 4.79 Å². The first-order chi connectivity index (χ1) is 13.0. The number of ether oxygens (including phenoxy) is 1. The molecule has 4 nitrogen and oxygen atoms in total. The number of piperidine rings is 1. The van der Waals surface area contributed by atoms with Gasteiger partial charge < -0.3 is 15.0 Å². The van der Waals surface area contributed by atoms with Crippen molar-refractivity contribution in [2.45, 2.75) is 39.7 Å². The summed E-state index contributed by atoms with van der Waals surface area (Å²) in [5.74, 6) is 1.65. The van der Waals surface area contributed by atoms with Crippen LogP contribution in [-0.4, -0.2) is 26.1 Å². The fourth-order valence-corrected chi connectivity index (χ4v) is 3.75. The molecule has 2 aromatic carbocycles. The molecule has 1 heterocycles. The Bertz CT molecular complexity index is 770. The first-order valence-corrected chi connectivity index (χ1v) is 9.79. The molecule has 3 rings (SSSR count). The van der Waals surface area contributed by atoms with Gasteiger partial charge in [-0.2, -0.15) is 0 Å². The van der Waals surface area contributed by atoms with Gasteiger partial charge in [0.2, 0.25) is 5.91 Å². The molecule has 1 amide bonds. The van der Waals surface area contributed by atoms with Crippen molar-refractivity contribution in [3.05, 3.63) is 59.2 Å². The quantitative estimate of drug-likeness (QED) is 0.837. The van der Waals surface area contributed by atoms with Gasteiger partial charge in [0.25, 0.3) is 0 Å². The molecular formula is C23H30N2O2. The van der Waals surface area contributed by atoms with Gasteiger partial charge in [-0.3, -0.25) is 4.79 Å². The number of rotatable bonds is 6. The first kappa shape index (κ1) is 19.3. The molecule has 0 spiro atoms. The van der Waals surface area contributed by atoms with E-state index in [2.05, 4.69) is 41.4 Å². The van der Waals surface area contributed by atoms with Crippen molar-refractivity contribution < 1.29 is 9.53 Å². The summed E-state index contributed by atoms with van der Waals surface area (Å²) in [7, 11) is 1.66. The van der Waals surface area contributed by atoms with Crippen molar-refractivity contribution in [1.82, 2.24) is 5.32 Å². The minimum absolute atomic E-state index is 0.0356. The molecule has 1 N–H and O–H groups in total. The molecule has 144 valence electrons. The van der Waals surface area contributed by atoms with E-state index in [0.717, 1.165) is 41.4 Å². The highest BCUT2D eigenvalue weighted by atomic mass is 16.5. The molecule has 2 aromatic rings. The molecule has 1 aliphatic heterocycles. The predicted molar refractivity (Wildman–Crippen MR) is 110 cm³/mol. The third kappa shape index (κ3) is 5.25. The molecule has 1 atom stereocenters. The minimum atomic E-state index is 0.0356. The third-order valence-corrected chi connectivity index (χ3v) is 5.27. The van der Waals surface area contributed by atoms with Crippen molar-refractivity contribution in [1.29, 1.82) is 0 Å². The Morgan fingerprint density at radius 2 is 1.93 bits per heavy atom. The number of carbonyl (C=O) groups excluding carboxylic acids is 1. The van der Waals surface area contributed by atoms with Crippen LogP contribution < -0.4 is 15.0 Å². The summed E-state index contributed by atoms with van der Waals surface area (Å²) >= 11 is 0. The second kappa shape index (κ2) is 8.94. The molecule has 1 aliphatic rings. The smallest absolute Gasteiger partial charge is 0.224 e. The lowest BCUT2D eigenvalue weighted by molar-refractivity contribution is -0.120. The van der Waals surface area contributed by atoms with Crippen LogP contribution in [0.5, 0.6) is 5.75 Å². The van der Waals surface area contributed by atoms with Crippen LogP contribution in [0.15, 0.2) is 42.5 Å². The topological polar surface area (TPSA) is 41.6 Å². The zero-order chi connectivity index (χ0) is 19.2. The number of hydrogen-bond donors (Lipinski definition) is 1. The summed E-state index contributed by atoms with van der Waals surface area (Å²) in [4.78, 5) is 14.7. The third-order valence-electron chi connectivity index (χ3n) is 5.27. The molecule has 0 bridgehead atoms. The molecule has 27 heavy (non-hydrogen) atoms. The summed E-state index contributed by atoms with van der Waals surface area (Å²) < 4.78 is 5.27. The molecule has 0 radical (unpaired) electrons. The summed E-state index contributed by atoms with van der Waals surface area (Å²) in [6.07, 6.45) is 2.98. The maximum absolute atomic E-state index is 12.3. The molecule has 1 saturated heterocycles. The second-order valence-electron chi connectivity index (χ2n) is 7.62. The number of hydrogen-bond acceptors (Lipinski definition) is 3. The summed E-state index contributed by atoms with van der Waals surface area (Å²) in [6, 6.07) is 14.4. The van der Waals surface area contributed by atoms with Crippen LogP contribution in [0.1, 0.15) is 36.5 Å². The molecule has 0 unspecified atom stereocenters. The van der Waals surface area contributed by atoms with Gasteiger partial charge in [-0.25, -0.2) is 0 Å². The standard InChI is InChI=1S/C23H30N2O2/c1-17-5-4-12-25(16-17)21-9-6-19(7-10-21)15-24-23(26)14-20-8-11-22(27-3)18(2)13-20/h6-11,13,17H,4-5,12,14-16H2,1-3H3,(H,24,26)/t17-/m0/s1. The van der Waals surface area contributed by atoms with Gasteiger partial charge >= 0.3 is 0 Å². The number of benzene rings is 2. The Kier molecular flexibility index (Phi) is 6.38. The Balaban J connectivity index is 1.50. The van der Waals surface area contributed by atoms with Gasteiger partial charge in [0, 0.05) is 25.3 Å². The fraction of sp³-hybridized carbons (Fsp3) is 0.435. The van der Waals surface area contributed by atoms with E-state index in [1.807, 2.05) is 25.1 Å². The van der Waals surface area contributed by atoms with Crippen molar-refractivity contribution in [2.75, 3.05) is 25.1 Å². The average Bonchev–Trinajstić information content (AvgIpc) is 2.67. The van der Waals surface area contributed by atoms with Gasteiger partial charge in [-0.05, 0) is 60.6 Å². The van der Waals surface area contributed by atoms with Crippen molar-refractivity contribution in [3.63, 3.8) is 0 Å². The van der Waals surface area contributed by atoms with Gasteiger partial charge in [-0.15, -0.1) is 0 Å². The van der Waals surface area contributed by atoms with E-state index in [1.165, 1.54) is 18.5 Å². The van der Waals surface area contributed by atoms with Crippen LogP contribution in [0.3, 0.4) is 0 Å². The average molecular weight is 367 g/mol. The Morgan fingerprint density at radius 1 is 1.19 bits per heavy atom. The highest BCUT2D eigenvalue weighted by Crippen LogP contribution is 2.23. The lowest BCUT2D eigenvalue weighted by atomic mass is 9.99. The van der Waals surface area contributed by atoms with Crippen molar-refractivity contribution in [3.8, 4) is 5.75 Å². The predicted octanol–water partition coefficient (Wildman–Crippen LogP) is 4.10. The lowest BCUT2D eigenvalue weighted by Gasteiger charge is -2.32. The summed E-state index contributed by atoms with van der Waals surface area (Å²) in [5, 5.41) is 3.02. The van der Waals surface area contributed by atoms with Gasteiger partial charge in [0.05, 0.1) is 13.5 Å². The van der Waals surface area contributed by atoms with Crippen LogP contribution in [0.4, 0.5) is 5.69 Å².